The fourth-order valence-corrected chi connectivity index (χ4v) is 2.04. The lowest BCUT2D eigenvalue weighted by Crippen LogP contribution is -2.31. The summed E-state index contributed by atoms with van der Waals surface area (Å²) in [6.45, 7) is 3.97. The Bertz CT molecular complexity index is 681. The molecule has 0 saturated carbocycles. The van der Waals surface area contributed by atoms with Crippen LogP contribution in [0.5, 0.6) is 0 Å². The van der Waals surface area contributed by atoms with E-state index in [4.69, 9.17) is 11.6 Å². The molecule has 0 aliphatic heterocycles. The second kappa shape index (κ2) is 7.79. The summed E-state index contributed by atoms with van der Waals surface area (Å²) >= 11 is 5.80. The zero-order valence-electron chi connectivity index (χ0n) is 13.1. The lowest BCUT2D eigenvalue weighted by atomic mass is 10.1. The van der Waals surface area contributed by atoms with Gasteiger partial charge in [0.2, 0.25) is 0 Å². The summed E-state index contributed by atoms with van der Waals surface area (Å²) in [5, 5.41) is 6.26. The van der Waals surface area contributed by atoms with Gasteiger partial charge in [-0.3, -0.25) is 9.59 Å². The smallest absolute Gasteiger partial charge is 0.255 e. The highest BCUT2D eigenvalue weighted by atomic mass is 35.5. The maximum atomic E-state index is 12.1. The molecule has 2 aromatic rings. The van der Waals surface area contributed by atoms with Gasteiger partial charge in [0.1, 0.15) is 0 Å². The number of halogens is 1. The Balaban J connectivity index is 2.01. The zero-order chi connectivity index (χ0) is 16.8. The first-order valence-corrected chi connectivity index (χ1v) is 7.85. The van der Waals surface area contributed by atoms with Crippen LogP contribution in [0.4, 0.5) is 5.69 Å². The van der Waals surface area contributed by atoms with Gasteiger partial charge in [-0.1, -0.05) is 18.5 Å². The predicted octanol–water partition coefficient (Wildman–Crippen LogP) is 4.12. The van der Waals surface area contributed by atoms with E-state index < -0.39 is 0 Å². The number of hydrogen-bond donors (Lipinski definition) is 2. The van der Waals surface area contributed by atoms with Crippen molar-refractivity contribution >= 4 is 29.1 Å². The third kappa shape index (κ3) is 4.83. The minimum atomic E-state index is -0.224. The van der Waals surface area contributed by atoms with Gasteiger partial charge < -0.3 is 10.6 Å². The molecule has 0 aliphatic rings. The van der Waals surface area contributed by atoms with Gasteiger partial charge in [0, 0.05) is 27.9 Å². The number of amides is 2. The lowest BCUT2D eigenvalue weighted by Gasteiger charge is -2.11. The van der Waals surface area contributed by atoms with Gasteiger partial charge in [0.25, 0.3) is 11.8 Å². The van der Waals surface area contributed by atoms with Crippen molar-refractivity contribution in [2.75, 3.05) is 5.32 Å². The maximum Gasteiger partial charge on any atom is 0.255 e. The number of nitrogens with one attached hydrogen (secondary N) is 2. The fraction of sp³-hybridized carbons (Fsp3) is 0.222. The quantitative estimate of drug-likeness (QED) is 0.866. The normalized spacial score (nSPS) is 11.6. The molecule has 0 fully saturated rings. The summed E-state index contributed by atoms with van der Waals surface area (Å²) in [6.07, 6.45) is 0.876. The second-order valence-corrected chi connectivity index (χ2v) is 5.76. The molecule has 23 heavy (non-hydrogen) atoms. The number of carbonyl (C=O) groups is 2. The minimum Gasteiger partial charge on any atom is -0.350 e. The van der Waals surface area contributed by atoms with Crippen molar-refractivity contribution in [3.63, 3.8) is 0 Å². The standard InChI is InChI=1S/C18H19ClN2O2/c1-3-12(2)20-17(22)14-6-10-16(11-7-14)21-18(23)13-4-8-15(19)9-5-13/h4-12H,3H2,1-2H3,(H,20,22)(H,21,23). The van der Waals surface area contributed by atoms with Gasteiger partial charge in [0.15, 0.2) is 0 Å². The molecule has 2 amide bonds. The highest BCUT2D eigenvalue weighted by Crippen LogP contribution is 2.14. The summed E-state index contributed by atoms with van der Waals surface area (Å²) in [5.74, 6) is -0.339. The van der Waals surface area contributed by atoms with Crippen LogP contribution in [0.3, 0.4) is 0 Å². The molecule has 0 aromatic heterocycles. The van der Waals surface area contributed by atoms with Crippen molar-refractivity contribution in [2.45, 2.75) is 26.3 Å². The molecule has 0 bridgehead atoms. The third-order valence-corrected chi connectivity index (χ3v) is 3.75. The first kappa shape index (κ1) is 17.0. The molecule has 120 valence electrons. The van der Waals surface area contributed by atoms with Crippen LogP contribution < -0.4 is 10.6 Å². The lowest BCUT2D eigenvalue weighted by molar-refractivity contribution is 0.0938. The van der Waals surface area contributed by atoms with Gasteiger partial charge >= 0.3 is 0 Å². The molecule has 2 rings (SSSR count). The van der Waals surface area contributed by atoms with Crippen molar-refractivity contribution < 1.29 is 9.59 Å². The van der Waals surface area contributed by atoms with Gasteiger partial charge in [-0.2, -0.15) is 0 Å². The van der Waals surface area contributed by atoms with Crippen molar-refractivity contribution in [1.29, 1.82) is 0 Å². The Morgan fingerprint density at radius 1 is 0.957 bits per heavy atom. The number of anilines is 1. The van der Waals surface area contributed by atoms with Crippen LogP contribution in [0.1, 0.15) is 41.0 Å². The number of carbonyl (C=O) groups excluding carboxylic acids is 2. The third-order valence-electron chi connectivity index (χ3n) is 3.50. The molecule has 0 spiro atoms. The molecule has 2 aromatic carbocycles. The molecule has 0 saturated heterocycles. The number of benzene rings is 2. The average Bonchev–Trinajstić information content (AvgIpc) is 2.55. The molecular formula is C18H19ClN2O2. The zero-order valence-corrected chi connectivity index (χ0v) is 13.9. The largest absolute Gasteiger partial charge is 0.350 e. The Morgan fingerprint density at radius 3 is 2.04 bits per heavy atom. The molecule has 0 aliphatic carbocycles. The molecule has 1 atom stereocenters. The van der Waals surface area contributed by atoms with Crippen molar-refractivity contribution in [2.24, 2.45) is 0 Å². The van der Waals surface area contributed by atoms with Crippen LogP contribution in [-0.4, -0.2) is 17.9 Å². The molecular weight excluding hydrogens is 312 g/mol. The predicted molar refractivity (Wildman–Crippen MR) is 93.1 cm³/mol. The van der Waals surface area contributed by atoms with E-state index in [2.05, 4.69) is 10.6 Å². The average molecular weight is 331 g/mol. The van der Waals surface area contributed by atoms with Gasteiger partial charge in [-0.05, 0) is 61.9 Å². The van der Waals surface area contributed by atoms with E-state index in [1.165, 1.54) is 0 Å². The molecule has 4 nitrogen and oxygen atoms in total. The molecule has 0 heterocycles. The van der Waals surface area contributed by atoms with Crippen LogP contribution in [0, 0.1) is 0 Å². The van der Waals surface area contributed by atoms with Crippen LogP contribution in [0.25, 0.3) is 0 Å². The van der Waals surface area contributed by atoms with Crippen LogP contribution in [0.2, 0.25) is 5.02 Å². The summed E-state index contributed by atoms with van der Waals surface area (Å²) in [5.41, 5.74) is 1.72. The SMILES string of the molecule is CCC(C)NC(=O)c1ccc(NC(=O)c2ccc(Cl)cc2)cc1. The number of hydrogen-bond acceptors (Lipinski definition) is 2. The van der Waals surface area contributed by atoms with Crippen molar-refractivity contribution in [1.82, 2.24) is 5.32 Å². The highest BCUT2D eigenvalue weighted by molar-refractivity contribution is 6.30. The van der Waals surface area contributed by atoms with E-state index in [-0.39, 0.29) is 17.9 Å². The van der Waals surface area contributed by atoms with Crippen molar-refractivity contribution in [3.8, 4) is 0 Å². The summed E-state index contributed by atoms with van der Waals surface area (Å²) in [7, 11) is 0. The number of rotatable bonds is 5. The van der Waals surface area contributed by atoms with Crippen LogP contribution in [0.15, 0.2) is 48.5 Å². The Labute approximate surface area is 140 Å². The maximum absolute atomic E-state index is 12.1. The first-order valence-electron chi connectivity index (χ1n) is 7.47. The van der Waals surface area contributed by atoms with E-state index in [0.717, 1.165) is 6.42 Å². The van der Waals surface area contributed by atoms with E-state index >= 15 is 0 Å². The van der Waals surface area contributed by atoms with Crippen LogP contribution >= 0.6 is 11.6 Å². The Morgan fingerprint density at radius 2 is 1.48 bits per heavy atom. The van der Waals surface area contributed by atoms with Gasteiger partial charge in [-0.15, -0.1) is 0 Å². The van der Waals surface area contributed by atoms with Crippen LogP contribution in [-0.2, 0) is 0 Å². The second-order valence-electron chi connectivity index (χ2n) is 5.32. The molecule has 5 heteroatoms. The molecule has 2 N–H and O–H groups in total. The van der Waals surface area contributed by atoms with Gasteiger partial charge in [0.05, 0.1) is 0 Å². The van der Waals surface area contributed by atoms with Crippen molar-refractivity contribution in [3.05, 3.63) is 64.7 Å². The summed E-state index contributed by atoms with van der Waals surface area (Å²) in [4.78, 5) is 24.1. The van der Waals surface area contributed by atoms with E-state index in [1.54, 1.807) is 48.5 Å². The summed E-state index contributed by atoms with van der Waals surface area (Å²) < 4.78 is 0. The Kier molecular flexibility index (Phi) is 5.77. The summed E-state index contributed by atoms with van der Waals surface area (Å²) in [6, 6.07) is 13.6. The highest BCUT2D eigenvalue weighted by Gasteiger charge is 2.09. The Hall–Kier alpha value is -2.33. The first-order chi connectivity index (χ1) is 11.0. The minimum absolute atomic E-state index is 0.116. The topological polar surface area (TPSA) is 58.2 Å². The molecule has 1 unspecified atom stereocenters. The van der Waals surface area contributed by atoms with E-state index in [1.807, 2.05) is 13.8 Å². The van der Waals surface area contributed by atoms with E-state index in [0.29, 0.717) is 21.8 Å². The fourth-order valence-electron chi connectivity index (χ4n) is 1.92. The van der Waals surface area contributed by atoms with E-state index in [9.17, 15) is 9.59 Å². The van der Waals surface area contributed by atoms with Gasteiger partial charge in [-0.25, -0.2) is 0 Å². The monoisotopic (exact) mass is 330 g/mol. The molecule has 0 radical (unpaired) electrons.